The Morgan fingerprint density at radius 3 is 2.45 bits per heavy atom. The number of nitrogens with zero attached hydrogens (tertiary/aromatic N) is 2. The van der Waals surface area contributed by atoms with E-state index in [0.717, 1.165) is 25.4 Å². The molecule has 0 atom stereocenters. The first-order valence-electron chi connectivity index (χ1n) is 8.04. The second-order valence-corrected chi connectivity index (χ2v) is 5.44. The molecule has 2 rings (SSSR count). The van der Waals surface area contributed by atoms with Crippen LogP contribution in [0.4, 0.5) is 5.69 Å². The Kier molecular flexibility index (Phi) is 6.19. The van der Waals surface area contributed by atoms with Gasteiger partial charge in [-0.25, -0.2) is 0 Å². The standard InChI is InChI=1S/C17H28N2O/c1-3-5-8-11-18-12-14-19(15-13-18)16-9-6-7-10-17(16)20-4-2/h6-7,9-10H,3-5,8,11-15H2,1-2H3. The van der Waals surface area contributed by atoms with Crippen LogP contribution in [0.25, 0.3) is 0 Å². The maximum Gasteiger partial charge on any atom is 0.142 e. The Morgan fingerprint density at radius 2 is 1.75 bits per heavy atom. The first kappa shape index (κ1) is 15.2. The number of rotatable bonds is 7. The molecule has 0 aliphatic carbocycles. The summed E-state index contributed by atoms with van der Waals surface area (Å²) in [7, 11) is 0. The number of piperazine rings is 1. The molecule has 1 aliphatic rings. The molecule has 0 bridgehead atoms. The van der Waals surface area contributed by atoms with Gasteiger partial charge in [-0.3, -0.25) is 4.90 Å². The van der Waals surface area contributed by atoms with Gasteiger partial charge in [0, 0.05) is 26.2 Å². The Hall–Kier alpha value is -1.22. The Labute approximate surface area is 123 Å². The third-order valence-corrected chi connectivity index (χ3v) is 3.96. The quantitative estimate of drug-likeness (QED) is 0.710. The van der Waals surface area contributed by atoms with Crippen LogP contribution < -0.4 is 9.64 Å². The van der Waals surface area contributed by atoms with Crippen LogP contribution in [0.15, 0.2) is 24.3 Å². The van der Waals surface area contributed by atoms with Crippen molar-refractivity contribution in [1.29, 1.82) is 0 Å². The molecule has 0 saturated carbocycles. The van der Waals surface area contributed by atoms with Gasteiger partial charge < -0.3 is 9.64 Å². The summed E-state index contributed by atoms with van der Waals surface area (Å²) in [4.78, 5) is 5.05. The summed E-state index contributed by atoms with van der Waals surface area (Å²) in [6, 6.07) is 8.41. The van der Waals surface area contributed by atoms with Gasteiger partial charge in [-0.1, -0.05) is 31.9 Å². The van der Waals surface area contributed by atoms with Crippen molar-refractivity contribution in [3.05, 3.63) is 24.3 Å². The molecule has 0 spiro atoms. The summed E-state index contributed by atoms with van der Waals surface area (Å²) in [6.07, 6.45) is 4.00. The summed E-state index contributed by atoms with van der Waals surface area (Å²) in [6.45, 7) is 10.9. The summed E-state index contributed by atoms with van der Waals surface area (Å²) < 4.78 is 5.74. The maximum absolute atomic E-state index is 5.74. The van der Waals surface area contributed by atoms with E-state index in [4.69, 9.17) is 4.74 Å². The largest absolute Gasteiger partial charge is 0.492 e. The third kappa shape index (κ3) is 4.14. The first-order valence-corrected chi connectivity index (χ1v) is 8.04. The number of hydrogen-bond acceptors (Lipinski definition) is 3. The SMILES string of the molecule is CCCCCN1CCN(c2ccccc2OCC)CC1. The van der Waals surface area contributed by atoms with E-state index < -0.39 is 0 Å². The molecule has 3 nitrogen and oxygen atoms in total. The number of ether oxygens (including phenoxy) is 1. The molecule has 1 aromatic rings. The molecule has 0 unspecified atom stereocenters. The smallest absolute Gasteiger partial charge is 0.142 e. The molecule has 0 aromatic heterocycles. The number of benzene rings is 1. The zero-order valence-corrected chi connectivity index (χ0v) is 13.0. The average Bonchev–Trinajstić information content (AvgIpc) is 2.49. The molecule has 1 heterocycles. The highest BCUT2D eigenvalue weighted by Gasteiger charge is 2.18. The number of para-hydroxylation sites is 2. The van der Waals surface area contributed by atoms with Gasteiger partial charge in [-0.05, 0) is 32.0 Å². The van der Waals surface area contributed by atoms with Gasteiger partial charge in [0.25, 0.3) is 0 Å². The molecule has 0 radical (unpaired) electrons. The predicted octanol–water partition coefficient (Wildman–Crippen LogP) is 3.40. The fraction of sp³-hybridized carbons (Fsp3) is 0.647. The highest BCUT2D eigenvalue weighted by Crippen LogP contribution is 2.28. The molecule has 1 aromatic carbocycles. The molecular formula is C17H28N2O. The Bertz CT molecular complexity index is 386. The van der Waals surface area contributed by atoms with Crippen molar-refractivity contribution in [3.63, 3.8) is 0 Å². The molecule has 112 valence electrons. The fourth-order valence-corrected chi connectivity index (χ4v) is 2.79. The minimum atomic E-state index is 0.730. The van der Waals surface area contributed by atoms with Crippen molar-refractivity contribution in [2.24, 2.45) is 0 Å². The molecule has 20 heavy (non-hydrogen) atoms. The Balaban J connectivity index is 1.87. The minimum absolute atomic E-state index is 0.730. The summed E-state index contributed by atoms with van der Waals surface area (Å²) in [5.41, 5.74) is 1.25. The van der Waals surface area contributed by atoms with Gasteiger partial charge in [0.15, 0.2) is 0 Å². The van der Waals surface area contributed by atoms with Crippen molar-refractivity contribution < 1.29 is 4.74 Å². The van der Waals surface area contributed by atoms with Crippen LogP contribution in [0.1, 0.15) is 33.1 Å². The van der Waals surface area contributed by atoms with Gasteiger partial charge in [0.05, 0.1) is 12.3 Å². The second-order valence-electron chi connectivity index (χ2n) is 5.44. The normalized spacial score (nSPS) is 16.4. The molecule has 1 saturated heterocycles. The van der Waals surface area contributed by atoms with Crippen molar-refractivity contribution in [1.82, 2.24) is 4.90 Å². The molecular weight excluding hydrogens is 248 g/mol. The van der Waals surface area contributed by atoms with Crippen molar-refractivity contribution in [2.75, 3.05) is 44.2 Å². The van der Waals surface area contributed by atoms with Crippen LogP contribution in [0.2, 0.25) is 0 Å². The topological polar surface area (TPSA) is 15.7 Å². The van der Waals surface area contributed by atoms with Gasteiger partial charge in [-0.15, -0.1) is 0 Å². The van der Waals surface area contributed by atoms with Crippen LogP contribution in [0.5, 0.6) is 5.75 Å². The lowest BCUT2D eigenvalue weighted by Crippen LogP contribution is -2.46. The van der Waals surface area contributed by atoms with Crippen LogP contribution >= 0.6 is 0 Å². The van der Waals surface area contributed by atoms with Crippen LogP contribution in [-0.4, -0.2) is 44.2 Å². The van der Waals surface area contributed by atoms with E-state index in [-0.39, 0.29) is 0 Å². The monoisotopic (exact) mass is 276 g/mol. The fourth-order valence-electron chi connectivity index (χ4n) is 2.79. The summed E-state index contributed by atoms with van der Waals surface area (Å²) in [5, 5.41) is 0. The van der Waals surface area contributed by atoms with Crippen LogP contribution in [-0.2, 0) is 0 Å². The van der Waals surface area contributed by atoms with Gasteiger partial charge in [0.1, 0.15) is 5.75 Å². The van der Waals surface area contributed by atoms with Crippen molar-refractivity contribution in [2.45, 2.75) is 33.1 Å². The van der Waals surface area contributed by atoms with E-state index in [1.165, 1.54) is 44.6 Å². The van der Waals surface area contributed by atoms with E-state index in [1.807, 2.05) is 6.92 Å². The molecule has 1 aliphatic heterocycles. The van der Waals surface area contributed by atoms with E-state index >= 15 is 0 Å². The maximum atomic E-state index is 5.74. The molecule has 0 N–H and O–H groups in total. The van der Waals surface area contributed by atoms with E-state index in [9.17, 15) is 0 Å². The van der Waals surface area contributed by atoms with Gasteiger partial charge in [-0.2, -0.15) is 0 Å². The molecule has 1 fully saturated rings. The lowest BCUT2D eigenvalue weighted by Gasteiger charge is -2.36. The van der Waals surface area contributed by atoms with Gasteiger partial charge >= 0.3 is 0 Å². The summed E-state index contributed by atoms with van der Waals surface area (Å²) >= 11 is 0. The highest BCUT2D eigenvalue weighted by molar-refractivity contribution is 5.58. The predicted molar refractivity (Wildman–Crippen MR) is 85.8 cm³/mol. The zero-order chi connectivity index (χ0) is 14.2. The van der Waals surface area contributed by atoms with E-state index in [2.05, 4.69) is 41.0 Å². The number of hydrogen-bond donors (Lipinski definition) is 0. The highest BCUT2D eigenvalue weighted by atomic mass is 16.5. The molecule has 3 heteroatoms. The summed E-state index contributed by atoms with van der Waals surface area (Å²) in [5.74, 6) is 1.02. The van der Waals surface area contributed by atoms with Crippen molar-refractivity contribution in [3.8, 4) is 5.75 Å². The first-order chi connectivity index (χ1) is 9.85. The lowest BCUT2D eigenvalue weighted by molar-refractivity contribution is 0.251. The average molecular weight is 276 g/mol. The van der Waals surface area contributed by atoms with Gasteiger partial charge in [0.2, 0.25) is 0 Å². The van der Waals surface area contributed by atoms with Crippen molar-refractivity contribution >= 4 is 5.69 Å². The van der Waals surface area contributed by atoms with E-state index in [0.29, 0.717) is 0 Å². The lowest BCUT2D eigenvalue weighted by atomic mass is 10.2. The zero-order valence-electron chi connectivity index (χ0n) is 13.0. The second kappa shape index (κ2) is 8.15. The van der Waals surface area contributed by atoms with Crippen LogP contribution in [0, 0.1) is 0 Å². The minimum Gasteiger partial charge on any atom is -0.492 e. The molecule has 0 amide bonds. The number of unbranched alkanes of at least 4 members (excludes halogenated alkanes) is 2. The van der Waals surface area contributed by atoms with E-state index in [1.54, 1.807) is 0 Å². The van der Waals surface area contributed by atoms with Crippen LogP contribution in [0.3, 0.4) is 0 Å². The third-order valence-electron chi connectivity index (χ3n) is 3.96. The number of anilines is 1. The Morgan fingerprint density at radius 1 is 1.00 bits per heavy atom.